The van der Waals surface area contributed by atoms with E-state index in [4.69, 9.17) is 4.74 Å². The van der Waals surface area contributed by atoms with E-state index in [0.717, 1.165) is 36.8 Å². The van der Waals surface area contributed by atoms with E-state index in [1.54, 1.807) is 11.1 Å². The Morgan fingerprint density at radius 1 is 1.06 bits per heavy atom. The van der Waals surface area contributed by atoms with Crippen molar-refractivity contribution in [3.63, 3.8) is 0 Å². The Hall–Kier alpha value is -0.640. The van der Waals surface area contributed by atoms with Crippen LogP contribution in [0.5, 0.6) is 0 Å². The molecule has 0 aromatic carbocycles. The van der Waals surface area contributed by atoms with E-state index < -0.39 is 0 Å². The Kier molecular flexibility index (Phi) is 5.83. The molecular weight excluding hydrogens is 410 g/mol. The highest BCUT2D eigenvalue weighted by Gasteiger charge is 2.58. The van der Waals surface area contributed by atoms with Crippen LogP contribution in [0.2, 0.25) is 0 Å². The van der Waals surface area contributed by atoms with Gasteiger partial charge < -0.3 is 9.64 Å². The molecule has 0 radical (unpaired) electrons. The molecule has 1 aromatic heterocycles. The zero-order valence-electron chi connectivity index (χ0n) is 20.4. The number of hydrogen-bond donors (Lipinski definition) is 0. The molecule has 0 amide bonds. The fourth-order valence-electron chi connectivity index (χ4n) is 9.15. The van der Waals surface area contributed by atoms with Gasteiger partial charge in [-0.25, -0.2) is 0 Å². The van der Waals surface area contributed by atoms with Crippen LogP contribution in [0.15, 0.2) is 28.5 Å². The van der Waals surface area contributed by atoms with E-state index in [1.165, 1.54) is 77.3 Å². The summed E-state index contributed by atoms with van der Waals surface area (Å²) in [6, 6.07) is 2.42. The van der Waals surface area contributed by atoms with E-state index in [2.05, 4.69) is 41.6 Å². The van der Waals surface area contributed by atoms with Crippen molar-refractivity contribution in [1.29, 1.82) is 0 Å². The van der Waals surface area contributed by atoms with Gasteiger partial charge in [0.25, 0.3) is 0 Å². The van der Waals surface area contributed by atoms with Crippen LogP contribution in [0.3, 0.4) is 0 Å². The molecule has 1 saturated heterocycles. The monoisotopic (exact) mass is 453 g/mol. The van der Waals surface area contributed by atoms with Crippen LogP contribution < -0.4 is 0 Å². The van der Waals surface area contributed by atoms with Crippen molar-refractivity contribution in [1.82, 2.24) is 4.90 Å². The first-order chi connectivity index (χ1) is 15.6. The second-order valence-electron chi connectivity index (χ2n) is 12.3. The fraction of sp³-hybridized carbons (Fsp3) is 0.793. The van der Waals surface area contributed by atoms with Crippen LogP contribution in [0.1, 0.15) is 89.5 Å². The van der Waals surface area contributed by atoms with E-state index in [9.17, 15) is 0 Å². The zero-order valence-corrected chi connectivity index (χ0v) is 21.2. The molecule has 4 fully saturated rings. The molecule has 6 rings (SSSR count). The molecule has 2 nitrogen and oxygen atoms in total. The van der Waals surface area contributed by atoms with Gasteiger partial charge in [-0.15, -0.1) is 0 Å². The zero-order chi connectivity index (χ0) is 21.8. The van der Waals surface area contributed by atoms with Crippen LogP contribution in [-0.4, -0.2) is 37.2 Å². The number of likely N-dealkylation sites (tertiary alicyclic amines) is 1. The van der Waals surface area contributed by atoms with Crippen LogP contribution >= 0.6 is 11.3 Å². The van der Waals surface area contributed by atoms with Gasteiger partial charge in [0, 0.05) is 6.54 Å². The third-order valence-electron chi connectivity index (χ3n) is 11.0. The number of thiophene rings is 1. The van der Waals surface area contributed by atoms with E-state index >= 15 is 0 Å². The maximum absolute atomic E-state index is 6.43. The highest BCUT2D eigenvalue weighted by atomic mass is 32.1. The fourth-order valence-corrected chi connectivity index (χ4v) is 9.86. The average Bonchev–Trinajstić information content (AvgIpc) is 3.54. The van der Waals surface area contributed by atoms with E-state index in [0.29, 0.717) is 16.9 Å². The summed E-state index contributed by atoms with van der Waals surface area (Å²) >= 11 is 1.89. The number of ether oxygens (including phenoxy) is 1. The molecule has 3 heteroatoms. The van der Waals surface area contributed by atoms with Crippen molar-refractivity contribution >= 4 is 11.3 Å². The van der Waals surface area contributed by atoms with Crippen molar-refractivity contribution in [3.05, 3.63) is 34.0 Å². The quantitative estimate of drug-likeness (QED) is 0.434. The van der Waals surface area contributed by atoms with Gasteiger partial charge in [-0.3, -0.25) is 0 Å². The normalized spacial score (nSPS) is 44.1. The van der Waals surface area contributed by atoms with Crippen molar-refractivity contribution < 1.29 is 4.74 Å². The summed E-state index contributed by atoms with van der Waals surface area (Å²) in [5.41, 5.74) is 4.38. The Morgan fingerprint density at radius 3 is 2.75 bits per heavy atom. The second-order valence-corrected chi connectivity index (χ2v) is 13.1. The molecule has 4 aliphatic carbocycles. The van der Waals surface area contributed by atoms with E-state index in [-0.39, 0.29) is 0 Å². The first-order valence-corrected chi connectivity index (χ1v) is 14.6. The lowest BCUT2D eigenvalue weighted by Crippen LogP contribution is -2.50. The summed E-state index contributed by atoms with van der Waals surface area (Å²) in [5, 5.41) is 4.73. The summed E-state index contributed by atoms with van der Waals surface area (Å²) in [6.07, 6.45) is 16.9. The van der Waals surface area contributed by atoms with Crippen molar-refractivity contribution in [2.45, 2.75) is 90.1 Å². The average molecular weight is 454 g/mol. The number of allylic oxidation sites excluding steroid dienone is 1. The molecule has 5 aliphatic rings. The summed E-state index contributed by atoms with van der Waals surface area (Å²) in [5.74, 6) is 3.55. The Balaban J connectivity index is 1.14. The molecule has 32 heavy (non-hydrogen) atoms. The van der Waals surface area contributed by atoms with Crippen LogP contribution in [-0.2, 0) is 4.74 Å². The first-order valence-electron chi connectivity index (χ1n) is 13.6. The predicted octanol–water partition coefficient (Wildman–Crippen LogP) is 7.28. The SMILES string of the molecule is C[C@]12CC[C@H]3[C@@H](CC=C4C[C@@H](OCCN5CCCC5)CC[C@@]43C)[C@H]1CC[C@@H]2c1ccsc1. The highest BCUT2D eigenvalue weighted by molar-refractivity contribution is 7.08. The molecule has 0 N–H and O–H groups in total. The highest BCUT2D eigenvalue weighted by Crippen LogP contribution is 2.68. The summed E-state index contributed by atoms with van der Waals surface area (Å²) in [7, 11) is 0. The van der Waals surface area contributed by atoms with Gasteiger partial charge in [0.2, 0.25) is 0 Å². The minimum Gasteiger partial charge on any atom is -0.377 e. The molecule has 176 valence electrons. The largest absolute Gasteiger partial charge is 0.377 e. The number of rotatable bonds is 5. The van der Waals surface area contributed by atoms with Gasteiger partial charge in [-0.2, -0.15) is 11.3 Å². The number of fused-ring (bicyclic) bond motifs is 5. The van der Waals surface area contributed by atoms with Crippen molar-refractivity contribution in [2.24, 2.45) is 28.6 Å². The molecule has 0 spiro atoms. The van der Waals surface area contributed by atoms with Crippen LogP contribution in [0, 0.1) is 28.6 Å². The van der Waals surface area contributed by atoms with Gasteiger partial charge in [0.15, 0.2) is 0 Å². The minimum absolute atomic E-state index is 0.444. The lowest BCUT2D eigenvalue weighted by atomic mass is 9.47. The van der Waals surface area contributed by atoms with Crippen molar-refractivity contribution in [3.8, 4) is 0 Å². The first kappa shape index (κ1) is 21.9. The number of nitrogens with zero attached hydrogens (tertiary/aromatic N) is 1. The van der Waals surface area contributed by atoms with Gasteiger partial charge in [-0.05, 0) is 134 Å². The van der Waals surface area contributed by atoms with Crippen molar-refractivity contribution in [2.75, 3.05) is 26.2 Å². The van der Waals surface area contributed by atoms with E-state index in [1.807, 2.05) is 11.3 Å². The molecule has 2 heterocycles. The van der Waals surface area contributed by atoms with Gasteiger partial charge >= 0.3 is 0 Å². The Labute approximate surface area is 199 Å². The molecule has 0 bridgehead atoms. The molecule has 1 aromatic rings. The van der Waals surface area contributed by atoms with Gasteiger partial charge in [-0.1, -0.05) is 25.5 Å². The Morgan fingerprint density at radius 2 is 1.94 bits per heavy atom. The molecule has 3 saturated carbocycles. The summed E-state index contributed by atoms with van der Waals surface area (Å²) in [6.45, 7) is 9.95. The van der Waals surface area contributed by atoms with Gasteiger partial charge in [0.05, 0.1) is 12.7 Å². The smallest absolute Gasteiger partial charge is 0.0613 e. The second kappa shape index (κ2) is 8.54. The molecule has 7 atom stereocenters. The summed E-state index contributed by atoms with van der Waals surface area (Å²) < 4.78 is 6.43. The van der Waals surface area contributed by atoms with Crippen LogP contribution in [0.4, 0.5) is 0 Å². The molecular formula is C29H43NOS. The predicted molar refractivity (Wildman–Crippen MR) is 134 cm³/mol. The Bertz CT molecular complexity index is 826. The number of hydrogen-bond acceptors (Lipinski definition) is 3. The maximum atomic E-state index is 6.43. The minimum atomic E-state index is 0.444. The lowest BCUT2D eigenvalue weighted by Gasteiger charge is -2.58. The molecule has 0 unspecified atom stereocenters. The summed E-state index contributed by atoms with van der Waals surface area (Å²) in [4.78, 5) is 2.58. The maximum Gasteiger partial charge on any atom is 0.0613 e. The third kappa shape index (κ3) is 3.57. The van der Waals surface area contributed by atoms with Gasteiger partial charge in [0.1, 0.15) is 0 Å². The van der Waals surface area contributed by atoms with Crippen LogP contribution in [0.25, 0.3) is 0 Å². The third-order valence-corrected chi connectivity index (χ3v) is 11.7. The standard InChI is InChI=1S/C29H43NOS/c1-28-12-9-23(31-17-16-30-14-3-4-15-30)19-22(28)5-6-24-26-8-7-25(21-11-18-32-20-21)29(26,2)13-10-27(24)28/h5,11,18,20,23-27H,3-4,6-10,12-17,19H2,1-2H3/t23-,24-,25+,26+,27-,28-,29+/m0/s1. The lowest BCUT2D eigenvalue weighted by molar-refractivity contribution is -0.0522. The molecule has 1 aliphatic heterocycles. The topological polar surface area (TPSA) is 12.5 Å².